The average molecular weight is 447 g/mol. The summed E-state index contributed by atoms with van der Waals surface area (Å²) in [5, 5.41) is 12.9. The molecule has 4 aliphatic rings. The zero-order valence-corrected chi connectivity index (χ0v) is 18.8. The summed E-state index contributed by atoms with van der Waals surface area (Å²) >= 11 is 0. The molecule has 7 nitrogen and oxygen atoms in total. The lowest BCUT2D eigenvalue weighted by molar-refractivity contribution is -0.140. The molecule has 6 rings (SSSR count). The number of piperidine rings is 1. The van der Waals surface area contributed by atoms with Crippen LogP contribution in [0.25, 0.3) is 0 Å². The van der Waals surface area contributed by atoms with Crippen LogP contribution in [0.1, 0.15) is 55.6 Å². The Morgan fingerprint density at radius 2 is 1.94 bits per heavy atom. The Morgan fingerprint density at radius 1 is 1.09 bits per heavy atom. The van der Waals surface area contributed by atoms with Gasteiger partial charge in [0.2, 0.25) is 0 Å². The number of nitrogens with one attached hydrogen (secondary N) is 1. The van der Waals surface area contributed by atoms with Crippen molar-refractivity contribution >= 4 is 11.7 Å². The second kappa shape index (κ2) is 9.80. The fourth-order valence-electron chi connectivity index (χ4n) is 5.47. The zero-order valence-electron chi connectivity index (χ0n) is 18.8. The molecular weight excluding hydrogens is 416 g/mol. The molecule has 1 aliphatic carbocycles. The lowest BCUT2D eigenvalue weighted by Gasteiger charge is -2.42. The molecule has 1 aromatic heterocycles. The Morgan fingerprint density at radius 3 is 2.79 bits per heavy atom. The highest BCUT2D eigenvalue weighted by Gasteiger charge is 2.37. The summed E-state index contributed by atoms with van der Waals surface area (Å²) in [5.74, 6) is 1.80. The maximum atomic E-state index is 13.3. The van der Waals surface area contributed by atoms with E-state index in [0.717, 1.165) is 44.3 Å². The molecular formula is C26H30N4O3. The molecule has 1 N–H and O–H groups in total. The number of pyridine rings is 1. The van der Waals surface area contributed by atoms with Crippen molar-refractivity contribution in [3.8, 4) is 11.8 Å². The van der Waals surface area contributed by atoms with Crippen molar-refractivity contribution in [2.75, 3.05) is 25.1 Å². The number of aromatic nitrogens is 1. The Kier molecular flexibility index (Phi) is 6.45. The van der Waals surface area contributed by atoms with Crippen molar-refractivity contribution in [3.63, 3.8) is 0 Å². The van der Waals surface area contributed by atoms with Gasteiger partial charge in [0.05, 0.1) is 30.4 Å². The first-order valence-corrected chi connectivity index (χ1v) is 12.0. The monoisotopic (exact) mass is 446 g/mol. The fraction of sp³-hybridized carbons (Fsp3) is 0.500. The third-order valence-corrected chi connectivity index (χ3v) is 7.24. The summed E-state index contributed by atoms with van der Waals surface area (Å²) in [5.41, 5.74) is 1.71. The molecule has 3 aliphatic heterocycles. The molecule has 1 saturated carbocycles. The van der Waals surface area contributed by atoms with Crippen LogP contribution in [0.5, 0.6) is 5.75 Å². The van der Waals surface area contributed by atoms with Crippen molar-refractivity contribution in [3.05, 3.63) is 53.7 Å². The van der Waals surface area contributed by atoms with E-state index in [4.69, 9.17) is 9.47 Å². The standard InChI is InChI=1S/C26H30N4O3/c27-15-19-5-3-13-28-26(19)29-22-7-4-14-30-23(22)16-32-20-11-9-18(10-12-20)21-6-1-2-8-24(21)33-17-25(30)31/h1-3,5-6,8,13,18,20,22-23H,4,7,9-12,14,16-17H2,(H,28,29)/t18?,20?,22-,23-/m0/s1. The van der Waals surface area contributed by atoms with E-state index in [0.29, 0.717) is 30.5 Å². The highest BCUT2D eigenvalue weighted by atomic mass is 16.5. The minimum atomic E-state index is -0.142. The predicted octanol–water partition coefficient (Wildman–Crippen LogP) is 3.86. The van der Waals surface area contributed by atoms with Crippen LogP contribution in [0.4, 0.5) is 5.82 Å². The summed E-state index contributed by atoms with van der Waals surface area (Å²) in [6.45, 7) is 1.17. The fourth-order valence-corrected chi connectivity index (χ4v) is 5.47. The molecule has 2 fully saturated rings. The third-order valence-electron chi connectivity index (χ3n) is 7.24. The van der Waals surface area contributed by atoms with Gasteiger partial charge in [-0.2, -0.15) is 5.26 Å². The minimum Gasteiger partial charge on any atom is -0.483 e. The number of fused-ring (bicyclic) bond motifs is 5. The van der Waals surface area contributed by atoms with Crippen LogP contribution in [-0.4, -0.2) is 53.7 Å². The summed E-state index contributed by atoms with van der Waals surface area (Å²) in [6.07, 6.45) is 7.79. The lowest BCUT2D eigenvalue weighted by Crippen LogP contribution is -2.57. The normalized spacial score (nSPS) is 27.6. The van der Waals surface area contributed by atoms with Gasteiger partial charge in [0.25, 0.3) is 5.91 Å². The van der Waals surface area contributed by atoms with E-state index in [2.05, 4.69) is 28.5 Å². The molecule has 0 spiro atoms. The molecule has 2 aromatic rings. The van der Waals surface area contributed by atoms with Crippen LogP contribution >= 0.6 is 0 Å². The first kappa shape index (κ1) is 21.7. The molecule has 1 saturated heterocycles. The number of carbonyl (C=O) groups excluding carboxylic acids is 1. The van der Waals surface area contributed by atoms with E-state index >= 15 is 0 Å². The molecule has 1 aromatic carbocycles. The van der Waals surface area contributed by atoms with E-state index in [-0.39, 0.29) is 30.7 Å². The van der Waals surface area contributed by atoms with Gasteiger partial charge >= 0.3 is 0 Å². The number of para-hydroxylation sites is 1. The molecule has 0 unspecified atom stereocenters. The zero-order chi connectivity index (χ0) is 22.6. The van der Waals surface area contributed by atoms with Crippen LogP contribution < -0.4 is 10.1 Å². The predicted molar refractivity (Wildman–Crippen MR) is 124 cm³/mol. The highest BCUT2D eigenvalue weighted by molar-refractivity contribution is 5.78. The lowest BCUT2D eigenvalue weighted by atomic mass is 9.82. The van der Waals surface area contributed by atoms with Crippen molar-refractivity contribution < 1.29 is 14.3 Å². The van der Waals surface area contributed by atoms with Crippen molar-refractivity contribution in [1.29, 1.82) is 5.26 Å². The topological polar surface area (TPSA) is 87.5 Å². The number of amides is 1. The first-order valence-electron chi connectivity index (χ1n) is 12.0. The minimum absolute atomic E-state index is 0.0173. The highest BCUT2D eigenvalue weighted by Crippen LogP contribution is 2.39. The number of benzene rings is 1. The number of nitrogens with zero attached hydrogens (tertiary/aromatic N) is 3. The van der Waals surface area contributed by atoms with Crippen LogP contribution in [0, 0.1) is 11.3 Å². The number of hydrogen-bond acceptors (Lipinski definition) is 6. The molecule has 4 heterocycles. The first-order chi connectivity index (χ1) is 16.2. The summed E-state index contributed by atoms with van der Waals surface area (Å²) < 4.78 is 12.5. The number of hydrogen-bond donors (Lipinski definition) is 1. The van der Waals surface area contributed by atoms with Crippen LogP contribution in [0.2, 0.25) is 0 Å². The van der Waals surface area contributed by atoms with Crippen LogP contribution in [0.15, 0.2) is 42.6 Å². The molecule has 7 heteroatoms. The molecule has 2 atom stereocenters. The summed E-state index contributed by atoms with van der Waals surface area (Å²) in [7, 11) is 0. The molecule has 172 valence electrons. The van der Waals surface area contributed by atoms with Gasteiger partial charge in [0.15, 0.2) is 6.61 Å². The molecule has 2 bridgehead atoms. The number of nitriles is 1. The van der Waals surface area contributed by atoms with E-state index in [1.54, 1.807) is 18.3 Å². The van der Waals surface area contributed by atoms with E-state index < -0.39 is 0 Å². The van der Waals surface area contributed by atoms with E-state index in [1.165, 1.54) is 5.56 Å². The van der Waals surface area contributed by atoms with E-state index in [9.17, 15) is 10.1 Å². The van der Waals surface area contributed by atoms with Crippen molar-refractivity contribution in [2.24, 2.45) is 0 Å². The van der Waals surface area contributed by atoms with Gasteiger partial charge in [-0.15, -0.1) is 0 Å². The van der Waals surface area contributed by atoms with Gasteiger partial charge in [-0.05, 0) is 68.2 Å². The Bertz CT molecular complexity index is 1030. The second-order valence-corrected chi connectivity index (χ2v) is 9.19. The number of rotatable bonds is 2. The molecule has 33 heavy (non-hydrogen) atoms. The van der Waals surface area contributed by atoms with Gasteiger partial charge in [-0.3, -0.25) is 4.79 Å². The van der Waals surface area contributed by atoms with Crippen LogP contribution in [0.3, 0.4) is 0 Å². The van der Waals surface area contributed by atoms with Crippen molar-refractivity contribution in [1.82, 2.24) is 9.88 Å². The van der Waals surface area contributed by atoms with Crippen LogP contribution in [-0.2, 0) is 9.53 Å². The van der Waals surface area contributed by atoms with Gasteiger partial charge < -0.3 is 19.7 Å². The van der Waals surface area contributed by atoms with E-state index in [1.807, 2.05) is 17.0 Å². The van der Waals surface area contributed by atoms with Gasteiger partial charge in [0.1, 0.15) is 17.6 Å². The van der Waals surface area contributed by atoms with Gasteiger partial charge in [-0.25, -0.2) is 4.98 Å². The average Bonchev–Trinajstić information content (AvgIpc) is 2.88. The maximum absolute atomic E-state index is 13.3. The van der Waals surface area contributed by atoms with Crippen molar-refractivity contribution in [2.45, 2.75) is 62.6 Å². The summed E-state index contributed by atoms with van der Waals surface area (Å²) in [4.78, 5) is 19.6. The second-order valence-electron chi connectivity index (χ2n) is 9.19. The Hall–Kier alpha value is -3.11. The van der Waals surface area contributed by atoms with Gasteiger partial charge in [0, 0.05) is 12.7 Å². The largest absolute Gasteiger partial charge is 0.483 e. The Labute approximate surface area is 194 Å². The Balaban J connectivity index is 1.41. The number of carbonyl (C=O) groups is 1. The maximum Gasteiger partial charge on any atom is 0.260 e. The quantitative estimate of drug-likeness (QED) is 0.754. The summed E-state index contributed by atoms with van der Waals surface area (Å²) in [6, 6.07) is 13.7. The van der Waals surface area contributed by atoms with Gasteiger partial charge in [-0.1, -0.05) is 18.2 Å². The SMILES string of the molecule is N#Cc1cccnc1N[C@H]1CCCN2C(=O)COc3ccccc3C3CCC(CC3)OC[C@@H]12. The number of anilines is 1. The smallest absolute Gasteiger partial charge is 0.260 e. The third kappa shape index (κ3) is 4.67. The molecule has 0 radical (unpaired) electrons. The molecule has 1 amide bonds. The number of ether oxygens (including phenoxy) is 2.